The van der Waals surface area contributed by atoms with Crippen LogP contribution in [0.25, 0.3) is 0 Å². The Balaban J connectivity index is 1.32. The molecule has 0 N–H and O–H groups in total. The molecule has 3 aromatic carbocycles. The summed E-state index contributed by atoms with van der Waals surface area (Å²) in [6.45, 7) is 5.87. The molecular weight excluding hydrogens is 403 g/mol. The molecule has 0 atom stereocenters. The Kier molecular flexibility index (Phi) is 5.45. The molecule has 0 spiro atoms. The lowest BCUT2D eigenvalue weighted by Crippen LogP contribution is -2.51. The fourth-order valence-electron chi connectivity index (χ4n) is 4.34. The number of halogens is 1. The van der Waals surface area contributed by atoms with Gasteiger partial charge in [0.15, 0.2) is 0 Å². The molecule has 0 radical (unpaired) electrons. The van der Waals surface area contributed by atoms with E-state index in [1.165, 1.54) is 12.1 Å². The van der Waals surface area contributed by atoms with Gasteiger partial charge in [0, 0.05) is 37.4 Å². The third-order valence-corrected chi connectivity index (χ3v) is 6.05. The van der Waals surface area contributed by atoms with Crippen molar-refractivity contribution in [1.29, 1.82) is 0 Å². The van der Waals surface area contributed by atoms with Crippen molar-refractivity contribution in [3.8, 4) is 0 Å². The van der Waals surface area contributed by atoms with E-state index in [2.05, 4.69) is 9.80 Å². The standard InChI is InChI=1S/C26H25FN4O/c1-19-5-4-6-21(17-19)28-25-23-7-2-3-8-24(23)31(26(25)32)18-29-13-15-30(16-14-29)22-11-9-20(27)10-12-22/h2-12,17H,13-16,18H2,1H3. The summed E-state index contributed by atoms with van der Waals surface area (Å²) >= 11 is 0. The van der Waals surface area contributed by atoms with Crippen LogP contribution < -0.4 is 9.80 Å². The lowest BCUT2D eigenvalue weighted by Gasteiger charge is -2.37. The number of aliphatic imine (C=N–C) groups is 1. The predicted molar refractivity (Wildman–Crippen MR) is 126 cm³/mol. The van der Waals surface area contributed by atoms with Gasteiger partial charge in [-0.25, -0.2) is 9.38 Å². The molecule has 1 amide bonds. The topological polar surface area (TPSA) is 39.2 Å². The van der Waals surface area contributed by atoms with Crippen LogP contribution in [0.4, 0.5) is 21.5 Å². The van der Waals surface area contributed by atoms with E-state index < -0.39 is 0 Å². The highest BCUT2D eigenvalue weighted by Gasteiger charge is 2.35. The van der Waals surface area contributed by atoms with Gasteiger partial charge in [-0.1, -0.05) is 30.3 Å². The van der Waals surface area contributed by atoms with Gasteiger partial charge >= 0.3 is 0 Å². The molecule has 2 aliphatic heterocycles. The number of rotatable bonds is 4. The molecule has 0 aliphatic carbocycles. The smallest absolute Gasteiger partial charge is 0.278 e. The van der Waals surface area contributed by atoms with E-state index >= 15 is 0 Å². The summed E-state index contributed by atoms with van der Waals surface area (Å²) in [5.41, 5.74) is 5.21. The molecule has 0 aromatic heterocycles. The predicted octanol–water partition coefficient (Wildman–Crippen LogP) is 4.38. The summed E-state index contributed by atoms with van der Waals surface area (Å²) in [6.07, 6.45) is 0. The summed E-state index contributed by atoms with van der Waals surface area (Å²) < 4.78 is 13.2. The highest BCUT2D eigenvalue weighted by molar-refractivity contribution is 6.54. The van der Waals surface area contributed by atoms with Crippen molar-refractivity contribution in [2.45, 2.75) is 6.92 Å². The maximum absolute atomic E-state index is 13.4. The van der Waals surface area contributed by atoms with Gasteiger partial charge in [-0.15, -0.1) is 0 Å². The Morgan fingerprint density at radius 2 is 1.66 bits per heavy atom. The van der Waals surface area contributed by atoms with Crippen molar-refractivity contribution in [2.24, 2.45) is 4.99 Å². The van der Waals surface area contributed by atoms with E-state index in [1.54, 1.807) is 0 Å². The van der Waals surface area contributed by atoms with E-state index in [4.69, 9.17) is 4.99 Å². The van der Waals surface area contributed by atoms with Crippen molar-refractivity contribution in [2.75, 3.05) is 42.6 Å². The molecule has 1 fully saturated rings. The number of fused-ring (bicyclic) bond motifs is 1. The molecule has 0 unspecified atom stereocenters. The monoisotopic (exact) mass is 428 g/mol. The molecule has 5 nitrogen and oxygen atoms in total. The minimum atomic E-state index is -0.221. The van der Waals surface area contributed by atoms with Gasteiger partial charge in [0.05, 0.1) is 18.0 Å². The van der Waals surface area contributed by atoms with Gasteiger partial charge in [-0.3, -0.25) is 14.6 Å². The number of hydrogen-bond donors (Lipinski definition) is 0. The molecule has 5 rings (SSSR count). The molecule has 32 heavy (non-hydrogen) atoms. The molecule has 0 bridgehead atoms. The molecule has 2 aliphatic rings. The summed E-state index contributed by atoms with van der Waals surface area (Å²) in [7, 11) is 0. The number of aryl methyl sites for hydroxylation is 1. The number of carbonyl (C=O) groups is 1. The van der Waals surface area contributed by atoms with Crippen LogP contribution in [0.2, 0.25) is 0 Å². The van der Waals surface area contributed by atoms with Crippen LogP contribution in [0.3, 0.4) is 0 Å². The zero-order valence-corrected chi connectivity index (χ0v) is 18.0. The molecular formula is C26H25FN4O. The number of anilines is 2. The molecule has 2 heterocycles. The average molecular weight is 429 g/mol. The van der Waals surface area contributed by atoms with Crippen LogP contribution in [-0.2, 0) is 4.79 Å². The largest absolute Gasteiger partial charge is 0.369 e. The minimum Gasteiger partial charge on any atom is -0.369 e. The van der Waals surface area contributed by atoms with Crippen molar-refractivity contribution in [1.82, 2.24) is 4.90 Å². The maximum atomic E-state index is 13.4. The van der Waals surface area contributed by atoms with Gasteiger partial charge in [-0.05, 0) is 55.0 Å². The van der Waals surface area contributed by atoms with Gasteiger partial charge in [0.25, 0.3) is 5.91 Å². The lowest BCUT2D eigenvalue weighted by atomic mass is 10.1. The lowest BCUT2D eigenvalue weighted by molar-refractivity contribution is -0.112. The Morgan fingerprint density at radius 3 is 2.41 bits per heavy atom. The summed E-state index contributed by atoms with van der Waals surface area (Å²) in [5, 5.41) is 0. The first-order chi connectivity index (χ1) is 15.6. The van der Waals surface area contributed by atoms with Crippen LogP contribution in [0.1, 0.15) is 11.1 Å². The third kappa shape index (κ3) is 4.01. The summed E-state index contributed by atoms with van der Waals surface area (Å²) in [5.74, 6) is -0.282. The second-order valence-electron chi connectivity index (χ2n) is 8.27. The Labute approximate surface area is 187 Å². The van der Waals surface area contributed by atoms with E-state index in [0.717, 1.165) is 54.4 Å². The molecule has 162 valence electrons. The van der Waals surface area contributed by atoms with Crippen LogP contribution in [0.5, 0.6) is 0 Å². The Morgan fingerprint density at radius 1 is 0.906 bits per heavy atom. The van der Waals surface area contributed by atoms with E-state index in [9.17, 15) is 9.18 Å². The molecule has 3 aromatic rings. The van der Waals surface area contributed by atoms with Crippen LogP contribution in [0.15, 0.2) is 77.8 Å². The number of benzene rings is 3. The summed E-state index contributed by atoms with van der Waals surface area (Å²) in [6, 6.07) is 22.4. The molecule has 1 saturated heterocycles. The van der Waals surface area contributed by atoms with Crippen LogP contribution >= 0.6 is 0 Å². The highest BCUT2D eigenvalue weighted by Crippen LogP contribution is 2.31. The zero-order chi connectivity index (χ0) is 22.1. The molecule has 6 heteroatoms. The van der Waals surface area contributed by atoms with Crippen molar-refractivity contribution in [3.05, 3.63) is 89.7 Å². The SMILES string of the molecule is Cc1cccc(N=C2C(=O)N(CN3CCN(c4ccc(F)cc4)CC3)c3ccccc32)c1. The highest BCUT2D eigenvalue weighted by atomic mass is 19.1. The first kappa shape index (κ1) is 20.4. The van der Waals surface area contributed by atoms with Gasteiger partial charge in [0.1, 0.15) is 11.5 Å². The van der Waals surface area contributed by atoms with Crippen molar-refractivity contribution >= 4 is 28.7 Å². The van der Waals surface area contributed by atoms with Crippen LogP contribution in [0, 0.1) is 12.7 Å². The maximum Gasteiger partial charge on any atom is 0.278 e. The zero-order valence-electron chi connectivity index (χ0n) is 18.0. The number of piperazine rings is 1. The van der Waals surface area contributed by atoms with Gasteiger partial charge in [-0.2, -0.15) is 0 Å². The quantitative estimate of drug-likeness (QED) is 0.619. The van der Waals surface area contributed by atoms with E-state index in [-0.39, 0.29) is 11.7 Å². The fraction of sp³-hybridized carbons (Fsp3) is 0.231. The number of hydrogen-bond acceptors (Lipinski definition) is 4. The first-order valence-electron chi connectivity index (χ1n) is 10.9. The number of nitrogens with zero attached hydrogens (tertiary/aromatic N) is 4. The number of carbonyl (C=O) groups excluding carboxylic acids is 1. The molecule has 0 saturated carbocycles. The second-order valence-corrected chi connectivity index (χ2v) is 8.27. The summed E-state index contributed by atoms with van der Waals surface area (Å²) in [4.78, 5) is 24.4. The minimum absolute atomic E-state index is 0.0614. The van der Waals surface area contributed by atoms with Gasteiger partial charge < -0.3 is 4.90 Å². The Hall–Kier alpha value is -3.51. The van der Waals surface area contributed by atoms with Crippen molar-refractivity contribution < 1.29 is 9.18 Å². The number of para-hydroxylation sites is 1. The van der Waals surface area contributed by atoms with Gasteiger partial charge in [0.2, 0.25) is 0 Å². The number of amides is 1. The van der Waals surface area contributed by atoms with Crippen molar-refractivity contribution in [3.63, 3.8) is 0 Å². The van der Waals surface area contributed by atoms with E-state index in [0.29, 0.717) is 12.4 Å². The second kappa shape index (κ2) is 8.55. The Bertz CT molecular complexity index is 1170. The fourth-order valence-corrected chi connectivity index (χ4v) is 4.34. The average Bonchev–Trinajstić information content (AvgIpc) is 3.06. The first-order valence-corrected chi connectivity index (χ1v) is 10.9. The van der Waals surface area contributed by atoms with Crippen LogP contribution in [-0.4, -0.2) is 49.4 Å². The van der Waals surface area contributed by atoms with E-state index in [1.807, 2.05) is 72.5 Å². The normalized spacial score (nSPS) is 17.8. The third-order valence-electron chi connectivity index (χ3n) is 6.05.